The van der Waals surface area contributed by atoms with Gasteiger partial charge in [-0.25, -0.2) is 9.59 Å². The van der Waals surface area contributed by atoms with Gasteiger partial charge < -0.3 is 124 Å². The van der Waals surface area contributed by atoms with Gasteiger partial charge in [-0.15, -0.1) is 0 Å². The van der Waals surface area contributed by atoms with Crippen LogP contribution >= 0.6 is 0 Å². The fourth-order valence-electron chi connectivity index (χ4n) is 17.3. The summed E-state index contributed by atoms with van der Waals surface area (Å²) in [7, 11) is 0. The van der Waals surface area contributed by atoms with E-state index < -0.39 is 224 Å². The lowest BCUT2D eigenvalue weighted by Gasteiger charge is -2.72. The zero-order valence-electron chi connectivity index (χ0n) is 51.2. The van der Waals surface area contributed by atoms with Gasteiger partial charge in [0.25, 0.3) is 0 Å². The second-order valence-corrected chi connectivity index (χ2v) is 27.9. The molecule has 0 bridgehead atoms. The van der Waals surface area contributed by atoms with Crippen molar-refractivity contribution in [1.29, 1.82) is 0 Å². The van der Waals surface area contributed by atoms with Gasteiger partial charge in [-0.2, -0.15) is 0 Å². The van der Waals surface area contributed by atoms with E-state index in [0.717, 1.165) is 5.57 Å². The van der Waals surface area contributed by atoms with E-state index in [1.54, 1.807) is 19.9 Å². The second kappa shape index (κ2) is 25.7. The van der Waals surface area contributed by atoms with Crippen LogP contribution in [0.2, 0.25) is 0 Å². The third-order valence-corrected chi connectivity index (χ3v) is 22.8. The number of aliphatic hydroxyl groups excluding tert-OH is 14. The molecule has 0 radical (unpaired) electrons. The normalized spacial score (nSPS) is 51.1. The predicted molar refractivity (Wildman–Crippen MR) is 296 cm³/mol. The van der Waals surface area contributed by atoms with Gasteiger partial charge >= 0.3 is 17.9 Å². The molecule has 0 amide bonds. The van der Waals surface area contributed by atoms with Crippen LogP contribution < -0.4 is 0 Å². The SMILES string of the molecule is C/C=C(/C)C(=O)O[C@H]1[C@H](O)[C@]2(COC(C)=O)[C@H](O)C[C@]3(C)C(=CC[C@@H]4[C@@]5(C)CC[C@H](O[C@@H]6O[C@H](C(=O)O)[C@@H](O)[C@H](O[C@@H]7OC[C@H](O)[C@H](O)[C@H]7O[C@@H]7O[C@H](CO)[C@@H](O)[C@H](O)[C@H]7O)[C@H]6O[C@@H]6O[C@H](CO)[C@H](O)[C@H](O)[C@H]6O)[C@@](C)(CO)[C@@H]5CC[C@]43C)[C@@H]2CC1(C)C. The summed E-state index contributed by atoms with van der Waals surface area (Å²) >= 11 is 0. The lowest BCUT2D eigenvalue weighted by Crippen LogP contribution is -2.72. The Balaban J connectivity index is 1.05. The largest absolute Gasteiger partial charge is 0.479 e. The van der Waals surface area contributed by atoms with Gasteiger partial charge in [-0.05, 0) is 92.8 Å². The van der Waals surface area contributed by atoms with Crippen molar-refractivity contribution in [3.63, 3.8) is 0 Å². The number of carbonyl (C=O) groups excluding carboxylic acids is 2. The Morgan fingerprint density at radius 1 is 0.659 bits per heavy atom. The number of hydrogen-bond acceptors (Lipinski definition) is 27. The average molecular weight is 1260 g/mol. The van der Waals surface area contributed by atoms with Gasteiger partial charge in [0.15, 0.2) is 31.3 Å². The molecule has 502 valence electrons. The van der Waals surface area contributed by atoms with Crippen LogP contribution in [0.15, 0.2) is 23.3 Å². The number of aliphatic hydroxyl groups is 14. The van der Waals surface area contributed by atoms with Crippen LogP contribution in [0.1, 0.15) is 107 Å². The molecule has 4 saturated carbocycles. The van der Waals surface area contributed by atoms with Crippen molar-refractivity contribution in [1.82, 2.24) is 0 Å². The first kappa shape index (κ1) is 69.4. The molecular formula is C60H94O28. The third kappa shape index (κ3) is 11.4. The van der Waals surface area contributed by atoms with Crippen LogP contribution in [0, 0.1) is 50.2 Å². The number of ether oxygens (including phenoxy) is 10. The molecule has 31 atom stereocenters. The Bertz CT molecular complexity index is 2570. The molecule has 0 aromatic heterocycles. The molecule has 5 aliphatic carbocycles. The summed E-state index contributed by atoms with van der Waals surface area (Å²) in [5.74, 6) is -4.04. The summed E-state index contributed by atoms with van der Waals surface area (Å²) in [6, 6.07) is 0. The summed E-state index contributed by atoms with van der Waals surface area (Å²) in [5, 5.41) is 167. The maximum Gasteiger partial charge on any atom is 0.335 e. The first-order valence-electron chi connectivity index (χ1n) is 30.6. The topological polar surface area (TPSA) is 447 Å². The monoisotopic (exact) mass is 1260 g/mol. The number of carboxylic acid groups (broad SMARTS) is 1. The Morgan fingerprint density at radius 2 is 1.25 bits per heavy atom. The van der Waals surface area contributed by atoms with E-state index in [9.17, 15) is 91.0 Å². The van der Waals surface area contributed by atoms with Gasteiger partial charge in [-0.3, -0.25) is 4.79 Å². The minimum Gasteiger partial charge on any atom is -0.479 e. The lowest BCUT2D eigenvalue weighted by atomic mass is 9.33. The van der Waals surface area contributed by atoms with E-state index in [1.165, 1.54) is 6.92 Å². The van der Waals surface area contributed by atoms with Crippen LogP contribution in [0.25, 0.3) is 0 Å². The average Bonchev–Trinajstić information content (AvgIpc) is 0.673. The number of hydrogen-bond donors (Lipinski definition) is 15. The van der Waals surface area contributed by atoms with E-state index in [0.29, 0.717) is 37.7 Å². The number of carboxylic acids is 1. The van der Waals surface area contributed by atoms with Crippen molar-refractivity contribution in [3.8, 4) is 0 Å². The number of esters is 2. The van der Waals surface area contributed by atoms with Crippen molar-refractivity contribution in [3.05, 3.63) is 23.3 Å². The van der Waals surface area contributed by atoms with E-state index >= 15 is 0 Å². The summed E-state index contributed by atoms with van der Waals surface area (Å²) < 4.78 is 60.3. The first-order chi connectivity index (χ1) is 41.2. The number of fused-ring (bicyclic) bond motifs is 7. The molecule has 9 aliphatic rings. The molecule has 28 nitrogen and oxygen atoms in total. The molecule has 8 fully saturated rings. The molecule has 15 N–H and O–H groups in total. The summed E-state index contributed by atoms with van der Waals surface area (Å²) in [6.45, 7) is 13.4. The molecule has 9 rings (SSSR count). The molecule has 0 unspecified atom stereocenters. The van der Waals surface area contributed by atoms with Gasteiger partial charge in [-0.1, -0.05) is 59.3 Å². The number of carbonyl (C=O) groups is 3. The maximum absolute atomic E-state index is 13.4. The van der Waals surface area contributed by atoms with E-state index in [-0.39, 0.29) is 31.3 Å². The van der Waals surface area contributed by atoms with Crippen molar-refractivity contribution in [2.45, 2.75) is 248 Å². The minimum atomic E-state index is -2.30. The second-order valence-electron chi connectivity index (χ2n) is 27.9. The maximum atomic E-state index is 13.4. The molecular weight excluding hydrogens is 1170 g/mol. The van der Waals surface area contributed by atoms with Crippen LogP contribution in [0.3, 0.4) is 0 Å². The Labute approximate surface area is 509 Å². The summed E-state index contributed by atoms with van der Waals surface area (Å²) in [6.07, 6.45) is -35.7. The molecule has 4 heterocycles. The van der Waals surface area contributed by atoms with Crippen LogP contribution in [0.5, 0.6) is 0 Å². The highest BCUT2D eigenvalue weighted by molar-refractivity contribution is 5.87. The van der Waals surface area contributed by atoms with Crippen molar-refractivity contribution < 1.29 is 138 Å². The standard InChI is InChI=1S/C60H94O28/c1-10-24(2)50(78)88-48-47(75)60(23-80-25(3)64)27(17-55(48,4)5)26-11-12-32-56(6)15-14-34(57(7,22-63)31(56)13-16-58(32,8)59(26,9)18-33(60)66)83-54-46(87-52-41(73)39(71)37(69)30(20-62)82-52)43(42(74)44(85-54)49(76)77)84-53-45(35(67)28(65)21-79-53)86-51-40(72)38(70)36(68)29(19-61)81-51/h10-11,27-48,51-54,61-63,65-75H,12-23H2,1-9H3,(H,76,77)/b24-10-/t27-,28-,29+,30+,31+,32+,33+,34-,35-,36+,37-,38-,39-,40+,41+,42-,43-,44-,45+,46+,47-,48-,51-,52-,53-,54+,56-,57-,58+,59+,60-/m0/s1. The highest BCUT2D eigenvalue weighted by atomic mass is 16.8. The number of aliphatic carboxylic acids is 1. The van der Waals surface area contributed by atoms with Gasteiger partial charge in [0, 0.05) is 23.3 Å². The summed E-state index contributed by atoms with van der Waals surface area (Å²) in [4.78, 5) is 39.2. The van der Waals surface area contributed by atoms with Crippen molar-refractivity contribution in [2.75, 3.05) is 33.0 Å². The van der Waals surface area contributed by atoms with E-state index in [4.69, 9.17) is 47.4 Å². The van der Waals surface area contributed by atoms with Gasteiger partial charge in [0.2, 0.25) is 0 Å². The number of rotatable bonds is 16. The minimum absolute atomic E-state index is 0.133. The van der Waals surface area contributed by atoms with Crippen LogP contribution in [-0.2, 0) is 61.8 Å². The Morgan fingerprint density at radius 3 is 1.81 bits per heavy atom. The fraction of sp³-hybridized carbons (Fsp3) is 0.883. The quantitative estimate of drug-likeness (QED) is 0.0320. The zero-order valence-corrected chi connectivity index (χ0v) is 51.2. The number of allylic oxidation sites excluding steroid dienone is 3. The fourth-order valence-corrected chi connectivity index (χ4v) is 17.3. The molecule has 0 spiro atoms. The summed E-state index contributed by atoms with van der Waals surface area (Å²) in [5.41, 5.74) is -4.10. The predicted octanol–water partition coefficient (Wildman–Crippen LogP) is -2.86. The van der Waals surface area contributed by atoms with Crippen LogP contribution in [-0.4, -0.2) is 269 Å². The Hall–Kier alpha value is -2.99. The molecule has 4 aliphatic heterocycles. The highest BCUT2D eigenvalue weighted by Crippen LogP contribution is 2.76. The smallest absolute Gasteiger partial charge is 0.335 e. The third-order valence-electron chi connectivity index (χ3n) is 22.8. The first-order valence-corrected chi connectivity index (χ1v) is 30.6. The molecule has 88 heavy (non-hydrogen) atoms. The lowest BCUT2D eigenvalue weighted by molar-refractivity contribution is -0.401. The Kier molecular flexibility index (Phi) is 20.3. The van der Waals surface area contributed by atoms with Crippen LogP contribution in [0.4, 0.5) is 0 Å². The zero-order chi connectivity index (χ0) is 64.9. The molecule has 0 aromatic carbocycles. The molecule has 0 aromatic rings. The van der Waals surface area contributed by atoms with E-state index in [1.807, 2.05) is 20.8 Å². The van der Waals surface area contributed by atoms with Gasteiger partial charge in [0.05, 0.1) is 44.1 Å². The highest BCUT2D eigenvalue weighted by Gasteiger charge is 2.74. The van der Waals surface area contributed by atoms with E-state index in [2.05, 4.69) is 26.8 Å². The van der Waals surface area contributed by atoms with Crippen molar-refractivity contribution in [2.24, 2.45) is 50.2 Å². The van der Waals surface area contributed by atoms with Crippen molar-refractivity contribution >= 4 is 17.9 Å². The van der Waals surface area contributed by atoms with Gasteiger partial charge in [0.1, 0.15) is 104 Å². The molecule has 4 saturated heterocycles. The molecule has 28 heteroatoms.